The first-order valence-corrected chi connectivity index (χ1v) is 14.4. The Labute approximate surface area is 251 Å². The fraction of sp³-hybridized carbons (Fsp3) is 0.419. The zero-order valence-corrected chi connectivity index (χ0v) is 25.5. The van der Waals surface area contributed by atoms with Crippen molar-refractivity contribution >= 4 is 23.4 Å². The molecule has 5 rings (SSSR count). The van der Waals surface area contributed by atoms with Crippen LogP contribution < -0.4 is 20.7 Å². The molecule has 3 amide bonds. The maximum atomic E-state index is 13.2. The van der Waals surface area contributed by atoms with Crippen molar-refractivity contribution in [3.63, 3.8) is 0 Å². The summed E-state index contributed by atoms with van der Waals surface area (Å²) in [4.78, 5) is 36.9. The number of benzene rings is 1. The van der Waals surface area contributed by atoms with Crippen LogP contribution in [0.25, 0.3) is 5.65 Å². The van der Waals surface area contributed by atoms with Gasteiger partial charge in [0.2, 0.25) is 5.82 Å². The van der Waals surface area contributed by atoms with Gasteiger partial charge < -0.3 is 20.3 Å². The Bertz CT molecular complexity index is 1630. The number of carbonyl (C=O) groups excluding carboxylic acids is 2. The molecule has 1 aliphatic rings. The first-order valence-electron chi connectivity index (χ1n) is 14.4. The molecule has 0 bridgehead atoms. The molecule has 4 aromatic rings. The average Bonchev–Trinajstić information content (AvgIpc) is 3.33. The van der Waals surface area contributed by atoms with Gasteiger partial charge >= 0.3 is 6.03 Å². The van der Waals surface area contributed by atoms with Crippen molar-refractivity contribution in [1.82, 2.24) is 40.1 Å². The lowest BCUT2D eigenvalue weighted by Crippen LogP contribution is -2.36. The van der Waals surface area contributed by atoms with Crippen LogP contribution in [0.5, 0.6) is 5.75 Å². The number of carbonyl (C=O) groups is 2. The smallest absolute Gasteiger partial charge is 0.320 e. The highest BCUT2D eigenvalue weighted by atomic mass is 16.5. The van der Waals surface area contributed by atoms with Crippen molar-refractivity contribution in [3.05, 3.63) is 77.1 Å². The molecule has 0 radical (unpaired) electrons. The minimum absolute atomic E-state index is 0.0179. The second-order valence-corrected chi connectivity index (χ2v) is 12.1. The summed E-state index contributed by atoms with van der Waals surface area (Å²) in [7, 11) is 3.87. The summed E-state index contributed by atoms with van der Waals surface area (Å²) in [6.07, 6.45) is 3.12. The van der Waals surface area contributed by atoms with Crippen LogP contribution in [0, 0.1) is 6.92 Å². The molecule has 2 atom stereocenters. The molecule has 3 aromatic heterocycles. The molecule has 3 N–H and O–H groups in total. The van der Waals surface area contributed by atoms with Gasteiger partial charge in [-0.25, -0.2) is 14.8 Å². The second kappa shape index (κ2) is 12.3. The second-order valence-electron chi connectivity index (χ2n) is 12.1. The Morgan fingerprint density at radius 3 is 2.56 bits per heavy atom. The van der Waals surface area contributed by atoms with Crippen LogP contribution >= 0.6 is 0 Å². The lowest BCUT2D eigenvalue weighted by atomic mass is 9.85. The summed E-state index contributed by atoms with van der Waals surface area (Å²) in [5, 5.41) is 17.0. The number of fused-ring (bicyclic) bond motifs is 2. The molecule has 226 valence electrons. The summed E-state index contributed by atoms with van der Waals surface area (Å²) < 4.78 is 8.32. The quantitative estimate of drug-likeness (QED) is 0.280. The molecule has 1 aromatic carbocycles. The third kappa shape index (κ3) is 7.08. The number of amides is 3. The third-order valence-electron chi connectivity index (χ3n) is 7.35. The van der Waals surface area contributed by atoms with E-state index >= 15 is 0 Å². The highest BCUT2D eigenvalue weighted by Gasteiger charge is 2.30. The number of aromatic nitrogens is 5. The van der Waals surface area contributed by atoms with E-state index < -0.39 is 6.03 Å². The van der Waals surface area contributed by atoms with Gasteiger partial charge in [0.25, 0.3) is 5.91 Å². The lowest BCUT2D eigenvalue weighted by molar-refractivity contribution is 0.0940. The van der Waals surface area contributed by atoms with Gasteiger partial charge in [0.15, 0.2) is 5.65 Å². The van der Waals surface area contributed by atoms with Gasteiger partial charge in [-0.05, 0) is 57.1 Å². The molecule has 12 nitrogen and oxygen atoms in total. The number of likely N-dealkylation sites (N-methyl/N-ethyl adjacent to an activating group) is 1. The largest absolute Gasteiger partial charge is 0.484 e. The van der Waals surface area contributed by atoms with E-state index in [0.717, 1.165) is 28.3 Å². The van der Waals surface area contributed by atoms with E-state index in [2.05, 4.69) is 36.1 Å². The van der Waals surface area contributed by atoms with E-state index in [1.807, 2.05) is 93.7 Å². The van der Waals surface area contributed by atoms with Crippen LogP contribution in [0.3, 0.4) is 0 Å². The van der Waals surface area contributed by atoms with Crippen molar-refractivity contribution in [1.29, 1.82) is 0 Å². The van der Waals surface area contributed by atoms with Crippen LogP contribution in [0.2, 0.25) is 0 Å². The monoisotopic (exact) mass is 585 g/mol. The fourth-order valence-electron chi connectivity index (χ4n) is 5.02. The summed E-state index contributed by atoms with van der Waals surface area (Å²) in [5.41, 5.74) is 3.07. The van der Waals surface area contributed by atoms with E-state index in [-0.39, 0.29) is 35.1 Å². The molecule has 3 heterocycles. The maximum Gasteiger partial charge on any atom is 0.320 e. The van der Waals surface area contributed by atoms with Gasteiger partial charge in [-0.1, -0.05) is 45.0 Å². The van der Waals surface area contributed by atoms with Crippen LogP contribution in [-0.4, -0.2) is 68.6 Å². The normalized spacial score (nSPS) is 16.5. The van der Waals surface area contributed by atoms with Crippen LogP contribution in [0.15, 0.2) is 48.7 Å². The number of rotatable bonds is 8. The van der Waals surface area contributed by atoms with Gasteiger partial charge in [-0.15, -0.1) is 10.2 Å². The van der Waals surface area contributed by atoms with Gasteiger partial charge in [-0.3, -0.25) is 14.5 Å². The van der Waals surface area contributed by atoms with E-state index in [9.17, 15) is 9.59 Å². The molecule has 1 aliphatic carbocycles. The number of pyridine rings is 1. The number of hydrogen-bond donors (Lipinski definition) is 3. The van der Waals surface area contributed by atoms with Crippen LogP contribution in [-0.2, 0) is 5.41 Å². The predicted molar refractivity (Wildman–Crippen MR) is 163 cm³/mol. The molecule has 0 spiro atoms. The Kier molecular flexibility index (Phi) is 8.58. The minimum atomic E-state index is -0.412. The molecule has 0 saturated carbocycles. The highest BCUT2D eigenvalue weighted by Crippen LogP contribution is 2.39. The summed E-state index contributed by atoms with van der Waals surface area (Å²) in [6, 6.07) is 12.8. The van der Waals surface area contributed by atoms with E-state index in [1.165, 1.54) is 0 Å². The number of nitrogens with zero attached hydrogens (tertiary/aromatic N) is 6. The number of aryl methyl sites for hydroxylation is 1. The summed E-state index contributed by atoms with van der Waals surface area (Å²) >= 11 is 0. The minimum Gasteiger partial charge on any atom is -0.484 e. The Balaban J connectivity index is 1.30. The maximum absolute atomic E-state index is 13.2. The SMILES string of the molecule is Cc1nnc2ccc(O[C@@H]3CC[C@H](NC(=O)Nc4cc(C(C)(C)C)nc(C(=O)NCCN(C)C)n4)c4ccccc43)cn12. The molecular weight excluding hydrogens is 546 g/mol. The highest BCUT2D eigenvalue weighted by molar-refractivity contribution is 5.92. The van der Waals surface area contributed by atoms with Gasteiger partial charge in [-0.2, -0.15) is 0 Å². The van der Waals surface area contributed by atoms with Crippen molar-refractivity contribution < 1.29 is 14.3 Å². The van der Waals surface area contributed by atoms with Crippen molar-refractivity contribution in [2.75, 3.05) is 32.5 Å². The van der Waals surface area contributed by atoms with E-state index in [0.29, 0.717) is 31.6 Å². The summed E-state index contributed by atoms with van der Waals surface area (Å²) in [5.74, 6) is 1.40. The Morgan fingerprint density at radius 2 is 1.81 bits per heavy atom. The summed E-state index contributed by atoms with van der Waals surface area (Å²) in [6.45, 7) is 9.03. The predicted octanol–water partition coefficient (Wildman–Crippen LogP) is 4.19. The van der Waals surface area contributed by atoms with Gasteiger partial charge in [0, 0.05) is 24.6 Å². The fourth-order valence-corrected chi connectivity index (χ4v) is 5.02. The molecule has 0 aliphatic heterocycles. The van der Waals surface area contributed by atoms with Gasteiger partial charge in [0.05, 0.1) is 17.9 Å². The molecule has 0 fully saturated rings. The Hall–Kier alpha value is -4.58. The first-order chi connectivity index (χ1) is 20.5. The number of nitrogens with one attached hydrogen (secondary N) is 3. The van der Waals surface area contributed by atoms with Crippen molar-refractivity contribution in [2.24, 2.45) is 0 Å². The van der Waals surface area contributed by atoms with Crippen molar-refractivity contribution in [2.45, 2.75) is 58.1 Å². The van der Waals surface area contributed by atoms with E-state index in [4.69, 9.17) is 4.74 Å². The zero-order chi connectivity index (χ0) is 30.7. The number of hydrogen-bond acceptors (Lipinski definition) is 8. The standard InChI is InChI=1S/C31H39N9O3/c1-19-37-38-27-14-11-20(18-40(19)27)43-24-13-12-23(21-9-7-8-10-22(21)24)33-30(42)36-26-17-25(31(2,3)4)34-28(35-26)29(41)32-15-16-39(5)6/h7-11,14,17-18,23-24H,12-13,15-16H2,1-6H3,(H,32,41)(H2,33,34,35,36,42)/t23-,24+/m0/s1. The lowest BCUT2D eigenvalue weighted by Gasteiger charge is -2.32. The molecule has 12 heteroatoms. The average molecular weight is 586 g/mol. The number of anilines is 1. The molecule has 43 heavy (non-hydrogen) atoms. The molecular formula is C31H39N9O3. The van der Waals surface area contributed by atoms with Crippen molar-refractivity contribution in [3.8, 4) is 5.75 Å². The van der Waals surface area contributed by atoms with Gasteiger partial charge in [0.1, 0.15) is 23.5 Å². The van der Waals surface area contributed by atoms with Crippen LogP contribution in [0.1, 0.15) is 79.0 Å². The molecule has 0 saturated heterocycles. The Morgan fingerprint density at radius 1 is 1.05 bits per heavy atom. The van der Waals surface area contributed by atoms with E-state index in [1.54, 1.807) is 6.07 Å². The first kappa shape index (κ1) is 29.9. The number of ether oxygens (including phenoxy) is 1. The van der Waals surface area contributed by atoms with Crippen LogP contribution in [0.4, 0.5) is 10.6 Å². The topological polar surface area (TPSA) is 139 Å². The zero-order valence-electron chi connectivity index (χ0n) is 25.5. The third-order valence-corrected chi connectivity index (χ3v) is 7.35. The molecule has 0 unspecified atom stereocenters. The number of urea groups is 1.